The Morgan fingerprint density at radius 2 is 2.16 bits per heavy atom. The van der Waals surface area contributed by atoms with Gasteiger partial charge in [-0.1, -0.05) is 18.7 Å². The topological polar surface area (TPSA) is 63.7 Å². The van der Waals surface area contributed by atoms with E-state index in [4.69, 9.17) is 0 Å². The van der Waals surface area contributed by atoms with Crippen LogP contribution in [-0.4, -0.2) is 79.0 Å². The number of aryl methyl sites for hydroxylation is 2. The smallest absolute Gasteiger partial charge is 0.148 e. The van der Waals surface area contributed by atoms with Gasteiger partial charge in [0, 0.05) is 43.3 Å². The molecule has 32 heavy (non-hydrogen) atoms. The second-order valence-corrected chi connectivity index (χ2v) is 9.23. The lowest BCUT2D eigenvalue weighted by Gasteiger charge is -2.35. The first-order valence-corrected chi connectivity index (χ1v) is 12.0. The first-order chi connectivity index (χ1) is 15.5. The number of hydrogen-bond acceptors (Lipinski definition) is 6. The summed E-state index contributed by atoms with van der Waals surface area (Å²) in [4.78, 5) is 9.28. The number of hydrogen-bond donors (Lipinski definition) is 3. The molecule has 1 aliphatic carbocycles. The van der Waals surface area contributed by atoms with Gasteiger partial charge in [-0.05, 0) is 95.1 Å². The lowest BCUT2D eigenvalue weighted by Crippen LogP contribution is -2.43. The van der Waals surface area contributed by atoms with Crippen molar-refractivity contribution in [1.82, 2.24) is 25.4 Å². The van der Waals surface area contributed by atoms with Crippen molar-refractivity contribution in [3.05, 3.63) is 65.2 Å². The van der Waals surface area contributed by atoms with Gasteiger partial charge in [-0.3, -0.25) is 9.88 Å². The fraction of sp³-hybridized carbons (Fsp3) is 0.577. The van der Waals surface area contributed by atoms with Crippen LogP contribution in [0.25, 0.3) is 0 Å². The number of aliphatic hydroxyl groups excluding tert-OH is 1. The van der Waals surface area contributed by atoms with Crippen LogP contribution in [0.5, 0.6) is 0 Å². The van der Waals surface area contributed by atoms with Gasteiger partial charge in [0.2, 0.25) is 0 Å². The Labute approximate surface area is 194 Å². The third-order valence-corrected chi connectivity index (χ3v) is 6.43. The largest absolute Gasteiger partial charge is 0.370 e. The van der Waals surface area contributed by atoms with Crippen LogP contribution in [0.1, 0.15) is 36.9 Å². The van der Waals surface area contributed by atoms with Crippen LogP contribution in [0.3, 0.4) is 0 Å². The van der Waals surface area contributed by atoms with E-state index < -0.39 is 6.23 Å². The summed E-state index contributed by atoms with van der Waals surface area (Å²) in [5.74, 6) is 0. The van der Waals surface area contributed by atoms with E-state index in [1.165, 1.54) is 24.0 Å². The maximum Gasteiger partial charge on any atom is 0.148 e. The minimum Gasteiger partial charge on any atom is -0.370 e. The molecule has 2 aliphatic rings. The first kappa shape index (κ1) is 24.6. The SMILES string of the molecule is C=C(CCc1cc(C)ccn1)NC(O)C1=CC(CN(C)CCNC)=CCC1N1CCCC1. The van der Waals surface area contributed by atoms with Crippen LogP contribution >= 0.6 is 0 Å². The molecule has 3 rings (SSSR count). The lowest BCUT2D eigenvalue weighted by molar-refractivity contribution is 0.150. The molecule has 2 unspecified atom stereocenters. The monoisotopic (exact) mass is 439 g/mol. The number of rotatable bonds is 12. The van der Waals surface area contributed by atoms with Crippen molar-refractivity contribution in [3.63, 3.8) is 0 Å². The molecule has 0 amide bonds. The van der Waals surface area contributed by atoms with Crippen LogP contribution in [0, 0.1) is 6.92 Å². The summed E-state index contributed by atoms with van der Waals surface area (Å²) >= 11 is 0. The van der Waals surface area contributed by atoms with Gasteiger partial charge in [-0.15, -0.1) is 0 Å². The van der Waals surface area contributed by atoms with Gasteiger partial charge in [-0.25, -0.2) is 0 Å². The molecule has 6 nitrogen and oxygen atoms in total. The zero-order valence-electron chi connectivity index (χ0n) is 20.1. The molecule has 0 radical (unpaired) electrons. The number of nitrogens with one attached hydrogen (secondary N) is 2. The summed E-state index contributed by atoms with van der Waals surface area (Å²) in [6, 6.07) is 4.38. The predicted molar refractivity (Wildman–Crippen MR) is 132 cm³/mol. The van der Waals surface area contributed by atoms with Crippen molar-refractivity contribution in [2.45, 2.75) is 51.3 Å². The maximum atomic E-state index is 11.2. The van der Waals surface area contributed by atoms with Crippen molar-refractivity contribution < 1.29 is 5.11 Å². The van der Waals surface area contributed by atoms with Gasteiger partial charge in [-0.2, -0.15) is 0 Å². The summed E-state index contributed by atoms with van der Waals surface area (Å²) in [5.41, 5.74) is 5.48. The van der Waals surface area contributed by atoms with Crippen LogP contribution in [0.4, 0.5) is 0 Å². The standard InChI is InChI=1S/C26H41N5O/c1-20-11-12-28-23(17-20)9-7-21(2)29-26(32)24-18-22(19-30(4)16-13-27-3)8-10-25(24)31-14-5-6-15-31/h8,11-12,17-18,25-27,29,32H,2,5-7,9-10,13-16,19H2,1,3-4H3. The highest BCUT2D eigenvalue weighted by Gasteiger charge is 2.30. The Kier molecular flexibility index (Phi) is 9.48. The van der Waals surface area contributed by atoms with E-state index in [0.717, 1.165) is 69.0 Å². The molecule has 1 saturated heterocycles. The zero-order valence-corrected chi connectivity index (χ0v) is 20.1. The molecule has 6 heteroatoms. The minimum absolute atomic E-state index is 0.262. The van der Waals surface area contributed by atoms with Crippen LogP contribution < -0.4 is 10.6 Å². The van der Waals surface area contributed by atoms with Gasteiger partial charge in [0.15, 0.2) is 0 Å². The van der Waals surface area contributed by atoms with Crippen molar-refractivity contribution in [1.29, 1.82) is 0 Å². The van der Waals surface area contributed by atoms with Crippen molar-refractivity contribution in [2.75, 3.05) is 46.8 Å². The fourth-order valence-electron chi connectivity index (χ4n) is 4.61. The van der Waals surface area contributed by atoms with E-state index >= 15 is 0 Å². The second kappa shape index (κ2) is 12.3. The van der Waals surface area contributed by atoms with E-state index in [2.05, 4.69) is 64.2 Å². The number of likely N-dealkylation sites (N-methyl/N-ethyl adjacent to an activating group) is 2. The van der Waals surface area contributed by atoms with Gasteiger partial charge in [0.25, 0.3) is 0 Å². The molecule has 0 saturated carbocycles. The predicted octanol–water partition coefficient (Wildman–Crippen LogP) is 2.62. The molecule has 1 aromatic heterocycles. The number of likely N-dealkylation sites (tertiary alicyclic amines) is 1. The molecule has 3 N–H and O–H groups in total. The van der Waals surface area contributed by atoms with Crippen LogP contribution in [0.2, 0.25) is 0 Å². The van der Waals surface area contributed by atoms with E-state index in [0.29, 0.717) is 0 Å². The highest BCUT2D eigenvalue weighted by Crippen LogP contribution is 2.28. The average Bonchev–Trinajstić information content (AvgIpc) is 3.31. The fourth-order valence-corrected chi connectivity index (χ4v) is 4.61. The normalized spacial score (nSPS) is 20.2. The molecular weight excluding hydrogens is 398 g/mol. The average molecular weight is 440 g/mol. The highest BCUT2D eigenvalue weighted by atomic mass is 16.3. The van der Waals surface area contributed by atoms with Gasteiger partial charge < -0.3 is 20.6 Å². The van der Waals surface area contributed by atoms with Crippen molar-refractivity contribution >= 4 is 0 Å². The van der Waals surface area contributed by atoms with Gasteiger partial charge in [0.1, 0.15) is 6.23 Å². The summed E-state index contributed by atoms with van der Waals surface area (Å²) in [5, 5.41) is 17.7. The molecule has 0 spiro atoms. The molecule has 176 valence electrons. The van der Waals surface area contributed by atoms with E-state index in [1.54, 1.807) is 0 Å². The molecule has 1 fully saturated rings. The Bertz CT molecular complexity index is 812. The molecule has 1 aromatic rings. The molecule has 0 aromatic carbocycles. The molecule has 2 atom stereocenters. The summed E-state index contributed by atoms with van der Waals surface area (Å²) in [6.45, 7) is 11.3. The number of nitrogens with zero attached hydrogens (tertiary/aromatic N) is 3. The molecular formula is C26H41N5O. The zero-order chi connectivity index (χ0) is 22.9. The molecule has 2 heterocycles. The van der Waals surface area contributed by atoms with E-state index in [9.17, 15) is 5.11 Å². The summed E-state index contributed by atoms with van der Waals surface area (Å²) < 4.78 is 0. The Balaban J connectivity index is 1.63. The second-order valence-electron chi connectivity index (χ2n) is 9.23. The van der Waals surface area contributed by atoms with Crippen LogP contribution in [0.15, 0.2) is 53.9 Å². The van der Waals surface area contributed by atoms with Crippen LogP contribution in [-0.2, 0) is 6.42 Å². The minimum atomic E-state index is -0.718. The van der Waals surface area contributed by atoms with Gasteiger partial charge in [0.05, 0.1) is 0 Å². The first-order valence-electron chi connectivity index (χ1n) is 12.0. The number of aliphatic hydroxyl groups is 1. The Hall–Kier alpha value is -1.99. The van der Waals surface area contributed by atoms with Crippen molar-refractivity contribution in [2.24, 2.45) is 0 Å². The maximum absolute atomic E-state index is 11.2. The third kappa shape index (κ3) is 7.27. The molecule has 1 aliphatic heterocycles. The molecule has 0 bridgehead atoms. The summed E-state index contributed by atoms with van der Waals surface area (Å²) in [7, 11) is 4.13. The van der Waals surface area contributed by atoms with Gasteiger partial charge >= 0.3 is 0 Å². The highest BCUT2D eigenvalue weighted by molar-refractivity contribution is 5.35. The number of pyridine rings is 1. The van der Waals surface area contributed by atoms with E-state index in [-0.39, 0.29) is 6.04 Å². The number of allylic oxidation sites excluding steroid dienone is 1. The Morgan fingerprint density at radius 1 is 1.38 bits per heavy atom. The van der Waals surface area contributed by atoms with Crippen molar-refractivity contribution in [3.8, 4) is 0 Å². The van der Waals surface area contributed by atoms with E-state index in [1.807, 2.05) is 19.3 Å². The lowest BCUT2D eigenvalue weighted by atomic mass is 9.91. The Morgan fingerprint density at radius 3 is 2.88 bits per heavy atom. The third-order valence-electron chi connectivity index (χ3n) is 6.43. The number of aromatic nitrogens is 1. The summed E-state index contributed by atoms with van der Waals surface area (Å²) in [6.07, 6.45) is 10.7. The quantitative estimate of drug-likeness (QED) is 0.435.